The zero-order valence-corrected chi connectivity index (χ0v) is 17.2. The van der Waals surface area contributed by atoms with Gasteiger partial charge in [0.05, 0.1) is 11.1 Å². The summed E-state index contributed by atoms with van der Waals surface area (Å²) in [4.78, 5) is 25.0. The molecule has 2 amide bonds. The first-order valence-electron chi connectivity index (χ1n) is 9.26. The number of rotatable bonds is 6. The van der Waals surface area contributed by atoms with Crippen molar-refractivity contribution in [3.63, 3.8) is 0 Å². The van der Waals surface area contributed by atoms with Crippen LogP contribution in [-0.2, 0) is 0 Å². The van der Waals surface area contributed by atoms with Gasteiger partial charge in [-0.2, -0.15) is 0 Å². The number of hydrogen-bond acceptors (Lipinski definition) is 3. The lowest BCUT2D eigenvalue weighted by Gasteiger charge is -2.11. The van der Waals surface area contributed by atoms with Crippen LogP contribution in [0.15, 0.2) is 66.7 Å². The van der Waals surface area contributed by atoms with Gasteiger partial charge in [-0.1, -0.05) is 17.7 Å². The van der Waals surface area contributed by atoms with Crippen molar-refractivity contribution in [1.29, 1.82) is 0 Å². The average molecular weight is 427 g/mol. The van der Waals surface area contributed by atoms with Crippen molar-refractivity contribution in [2.45, 2.75) is 20.0 Å². The standard InChI is InChI=1S/C23H20ClFN2O3/c1-14(2)30-19-9-6-15(7-10-19)22(28)26-17-5-3-4-16(12-17)23(29)27-18-8-11-21(25)20(24)13-18/h3-14H,1-2H3,(H,26,28)(H,27,29). The Balaban J connectivity index is 1.67. The third-order valence-electron chi connectivity index (χ3n) is 4.05. The molecule has 3 aromatic rings. The van der Waals surface area contributed by atoms with Gasteiger partial charge in [0.25, 0.3) is 11.8 Å². The summed E-state index contributed by atoms with van der Waals surface area (Å²) in [5.41, 5.74) is 1.62. The van der Waals surface area contributed by atoms with Crippen LogP contribution in [0.25, 0.3) is 0 Å². The van der Waals surface area contributed by atoms with Gasteiger partial charge in [0.15, 0.2) is 0 Å². The molecule has 0 aliphatic heterocycles. The number of benzene rings is 3. The van der Waals surface area contributed by atoms with Crippen molar-refractivity contribution in [1.82, 2.24) is 0 Å². The molecule has 0 heterocycles. The van der Waals surface area contributed by atoms with Gasteiger partial charge in [0.1, 0.15) is 11.6 Å². The molecule has 154 valence electrons. The van der Waals surface area contributed by atoms with E-state index in [9.17, 15) is 14.0 Å². The van der Waals surface area contributed by atoms with Gasteiger partial charge in [0, 0.05) is 22.5 Å². The summed E-state index contributed by atoms with van der Waals surface area (Å²) in [6.45, 7) is 3.85. The first kappa shape index (κ1) is 21.3. The van der Waals surface area contributed by atoms with E-state index in [1.807, 2.05) is 13.8 Å². The summed E-state index contributed by atoms with van der Waals surface area (Å²) in [6.07, 6.45) is 0.0458. The predicted octanol–water partition coefficient (Wildman–Crippen LogP) is 5.77. The molecule has 3 rings (SSSR count). The molecular weight excluding hydrogens is 407 g/mol. The lowest BCUT2D eigenvalue weighted by molar-refractivity contribution is 0.101. The molecule has 2 N–H and O–H groups in total. The van der Waals surface area contributed by atoms with Crippen LogP contribution < -0.4 is 15.4 Å². The molecule has 0 spiro atoms. The maximum Gasteiger partial charge on any atom is 0.255 e. The van der Waals surface area contributed by atoms with Crippen molar-refractivity contribution in [3.8, 4) is 5.75 Å². The molecule has 0 fully saturated rings. The second-order valence-corrected chi connectivity index (χ2v) is 7.22. The van der Waals surface area contributed by atoms with E-state index >= 15 is 0 Å². The molecule has 0 bridgehead atoms. The number of anilines is 2. The largest absolute Gasteiger partial charge is 0.491 e. The Morgan fingerprint density at radius 1 is 0.867 bits per heavy atom. The normalized spacial score (nSPS) is 10.6. The van der Waals surface area contributed by atoms with E-state index in [1.165, 1.54) is 18.2 Å². The van der Waals surface area contributed by atoms with E-state index in [1.54, 1.807) is 48.5 Å². The van der Waals surface area contributed by atoms with Crippen LogP contribution in [0.5, 0.6) is 5.75 Å². The summed E-state index contributed by atoms with van der Waals surface area (Å²) in [7, 11) is 0. The quantitative estimate of drug-likeness (QED) is 0.525. The van der Waals surface area contributed by atoms with E-state index in [-0.39, 0.29) is 17.0 Å². The number of amides is 2. The van der Waals surface area contributed by atoms with Crippen LogP contribution in [0.2, 0.25) is 5.02 Å². The highest BCUT2D eigenvalue weighted by atomic mass is 35.5. The second kappa shape index (κ2) is 9.41. The van der Waals surface area contributed by atoms with Gasteiger partial charge in [-0.25, -0.2) is 4.39 Å². The van der Waals surface area contributed by atoms with Crippen LogP contribution in [-0.4, -0.2) is 17.9 Å². The maximum absolute atomic E-state index is 13.3. The van der Waals surface area contributed by atoms with Gasteiger partial charge >= 0.3 is 0 Å². The lowest BCUT2D eigenvalue weighted by Crippen LogP contribution is -2.15. The van der Waals surface area contributed by atoms with Crippen molar-refractivity contribution in [2.24, 2.45) is 0 Å². The minimum Gasteiger partial charge on any atom is -0.491 e. The molecule has 30 heavy (non-hydrogen) atoms. The monoisotopic (exact) mass is 426 g/mol. The summed E-state index contributed by atoms with van der Waals surface area (Å²) in [6, 6.07) is 17.2. The summed E-state index contributed by atoms with van der Waals surface area (Å²) in [5, 5.41) is 5.32. The Hall–Kier alpha value is -3.38. The second-order valence-electron chi connectivity index (χ2n) is 6.81. The maximum atomic E-state index is 13.3. The molecule has 0 aromatic heterocycles. The minimum atomic E-state index is -0.567. The Morgan fingerprint density at radius 2 is 1.50 bits per heavy atom. The molecular formula is C23H20ClFN2O3. The zero-order chi connectivity index (χ0) is 21.7. The number of ether oxygens (including phenoxy) is 1. The number of carbonyl (C=O) groups is 2. The van der Waals surface area contributed by atoms with Crippen molar-refractivity contribution < 1.29 is 18.7 Å². The van der Waals surface area contributed by atoms with E-state index in [0.717, 1.165) is 0 Å². The molecule has 0 aliphatic rings. The van der Waals surface area contributed by atoms with E-state index in [0.29, 0.717) is 28.3 Å². The summed E-state index contributed by atoms with van der Waals surface area (Å²) >= 11 is 5.74. The summed E-state index contributed by atoms with van der Waals surface area (Å²) < 4.78 is 18.8. The first-order valence-corrected chi connectivity index (χ1v) is 9.64. The fraction of sp³-hybridized carbons (Fsp3) is 0.130. The number of nitrogens with one attached hydrogen (secondary N) is 2. The molecule has 0 atom stereocenters. The van der Waals surface area contributed by atoms with Gasteiger partial charge in [0.2, 0.25) is 0 Å². The Labute approximate surface area is 178 Å². The lowest BCUT2D eigenvalue weighted by atomic mass is 10.1. The molecule has 5 nitrogen and oxygen atoms in total. The molecule has 7 heteroatoms. The van der Waals surface area contributed by atoms with Crippen LogP contribution in [0, 0.1) is 5.82 Å². The van der Waals surface area contributed by atoms with Crippen LogP contribution >= 0.6 is 11.6 Å². The van der Waals surface area contributed by atoms with Gasteiger partial charge in [-0.05, 0) is 74.5 Å². The Kier molecular flexibility index (Phi) is 6.69. The molecule has 0 saturated heterocycles. The molecule has 0 aliphatic carbocycles. The Morgan fingerprint density at radius 3 is 2.13 bits per heavy atom. The molecule has 0 radical (unpaired) electrons. The smallest absolute Gasteiger partial charge is 0.255 e. The van der Waals surface area contributed by atoms with E-state index in [2.05, 4.69) is 10.6 Å². The van der Waals surface area contributed by atoms with Crippen molar-refractivity contribution in [3.05, 3.63) is 88.7 Å². The van der Waals surface area contributed by atoms with Crippen molar-refractivity contribution in [2.75, 3.05) is 10.6 Å². The van der Waals surface area contributed by atoms with Gasteiger partial charge in [-0.3, -0.25) is 9.59 Å². The molecule has 3 aromatic carbocycles. The van der Waals surface area contributed by atoms with E-state index in [4.69, 9.17) is 16.3 Å². The number of halogens is 2. The first-order chi connectivity index (χ1) is 14.3. The predicted molar refractivity (Wildman–Crippen MR) is 116 cm³/mol. The summed E-state index contributed by atoms with van der Waals surface area (Å²) in [5.74, 6) is -0.609. The highest BCUT2D eigenvalue weighted by Gasteiger charge is 2.11. The van der Waals surface area contributed by atoms with Crippen LogP contribution in [0.3, 0.4) is 0 Å². The zero-order valence-electron chi connectivity index (χ0n) is 16.4. The number of hydrogen-bond donors (Lipinski definition) is 2. The molecule has 0 saturated carbocycles. The van der Waals surface area contributed by atoms with Gasteiger partial charge < -0.3 is 15.4 Å². The highest BCUT2D eigenvalue weighted by Crippen LogP contribution is 2.21. The van der Waals surface area contributed by atoms with Crippen molar-refractivity contribution >= 4 is 34.8 Å². The topological polar surface area (TPSA) is 67.4 Å². The fourth-order valence-electron chi connectivity index (χ4n) is 2.68. The van der Waals surface area contributed by atoms with Crippen LogP contribution in [0.1, 0.15) is 34.6 Å². The number of carbonyl (C=O) groups excluding carboxylic acids is 2. The third kappa shape index (κ3) is 5.58. The van der Waals surface area contributed by atoms with Gasteiger partial charge in [-0.15, -0.1) is 0 Å². The molecule has 0 unspecified atom stereocenters. The van der Waals surface area contributed by atoms with Crippen LogP contribution in [0.4, 0.5) is 15.8 Å². The minimum absolute atomic E-state index is 0.0458. The average Bonchev–Trinajstić information content (AvgIpc) is 2.71. The fourth-order valence-corrected chi connectivity index (χ4v) is 2.86. The SMILES string of the molecule is CC(C)Oc1ccc(C(=O)Nc2cccc(C(=O)Nc3ccc(F)c(Cl)c3)c2)cc1. The van der Waals surface area contributed by atoms with E-state index < -0.39 is 11.7 Å². The third-order valence-corrected chi connectivity index (χ3v) is 4.34. The highest BCUT2D eigenvalue weighted by molar-refractivity contribution is 6.31. The Bertz CT molecular complexity index is 1070.